The molecular weight excluding hydrogens is 522 g/mol. The molecule has 0 atom stereocenters. The van der Waals surface area contributed by atoms with E-state index >= 15 is 0 Å². The van der Waals surface area contributed by atoms with Gasteiger partial charge in [-0.1, -0.05) is 37.5 Å². The fourth-order valence-electron chi connectivity index (χ4n) is 4.72. The molecule has 0 bridgehead atoms. The van der Waals surface area contributed by atoms with Gasteiger partial charge in [-0.05, 0) is 49.6 Å². The van der Waals surface area contributed by atoms with Crippen LogP contribution in [-0.2, 0) is 16.1 Å². The number of nitrogens with two attached hydrogens (primary N) is 1. The van der Waals surface area contributed by atoms with E-state index in [0.29, 0.717) is 38.0 Å². The molecule has 0 saturated heterocycles. The molecule has 2 amide bonds. The summed E-state index contributed by atoms with van der Waals surface area (Å²) >= 11 is 0. The monoisotopic (exact) mass is 557 g/mol. The number of anilines is 2. The van der Waals surface area contributed by atoms with Crippen LogP contribution in [0.25, 0.3) is 0 Å². The van der Waals surface area contributed by atoms with Crippen LogP contribution in [0, 0.1) is 0 Å². The number of halogens is 1. The third kappa shape index (κ3) is 7.46. The van der Waals surface area contributed by atoms with Crippen LogP contribution in [-0.4, -0.2) is 53.5 Å². The van der Waals surface area contributed by atoms with Crippen LogP contribution in [0.5, 0.6) is 5.75 Å². The molecule has 1 heterocycles. The van der Waals surface area contributed by atoms with Crippen LogP contribution in [0.2, 0.25) is 0 Å². The quantitative estimate of drug-likeness (QED) is 0.308. The van der Waals surface area contributed by atoms with Crippen LogP contribution in [0.1, 0.15) is 50.5 Å². The van der Waals surface area contributed by atoms with Crippen molar-refractivity contribution in [1.82, 2.24) is 4.90 Å². The Morgan fingerprint density at radius 2 is 1.89 bits per heavy atom. The highest BCUT2D eigenvalue weighted by atomic mass is 79.9. The third-order valence-corrected chi connectivity index (χ3v) is 6.75. The topological polar surface area (TPSA) is 99.7 Å². The number of benzene rings is 2. The zero-order chi connectivity index (χ0) is 24.6. The molecule has 9 heteroatoms. The van der Waals surface area contributed by atoms with Gasteiger partial charge in [0.05, 0.1) is 13.2 Å². The summed E-state index contributed by atoms with van der Waals surface area (Å²) in [4.78, 5) is 26.9. The van der Waals surface area contributed by atoms with Crippen molar-refractivity contribution in [3.63, 3.8) is 0 Å². The summed E-state index contributed by atoms with van der Waals surface area (Å²) in [5.74, 6) is 1.24. The predicted octanol–water partition coefficient (Wildman–Crippen LogP) is 0.532. The molecule has 4 rings (SSSR count). The van der Waals surface area contributed by atoms with Crippen LogP contribution >= 0.6 is 0 Å². The molecule has 4 N–H and O–H groups in total. The Kier molecular flexibility index (Phi) is 10.2. The van der Waals surface area contributed by atoms with Crippen LogP contribution in [0.3, 0.4) is 0 Å². The van der Waals surface area contributed by atoms with Crippen LogP contribution in [0.15, 0.2) is 48.5 Å². The first-order valence-corrected chi connectivity index (χ1v) is 12.5. The number of nitrogens with zero attached hydrogens (tertiary/aromatic N) is 2. The minimum absolute atomic E-state index is 0. The van der Waals surface area contributed by atoms with Crippen molar-refractivity contribution in [3.8, 4) is 5.75 Å². The summed E-state index contributed by atoms with van der Waals surface area (Å²) in [5, 5.41) is 6.05. The molecule has 0 aromatic heterocycles. The number of rotatable bonds is 9. The lowest BCUT2D eigenvalue weighted by Gasteiger charge is -2.31. The molecule has 0 radical (unpaired) electrons. The molecule has 1 fully saturated rings. The van der Waals surface area contributed by atoms with Gasteiger partial charge in [-0.15, -0.1) is 0 Å². The summed E-state index contributed by atoms with van der Waals surface area (Å²) in [6.45, 7) is 1.11. The van der Waals surface area contributed by atoms with Gasteiger partial charge in [-0.3, -0.25) is 19.9 Å². The lowest BCUT2D eigenvalue weighted by molar-refractivity contribution is -0.534. The summed E-state index contributed by atoms with van der Waals surface area (Å²) in [6, 6.07) is 15.5. The molecule has 2 aromatic rings. The summed E-state index contributed by atoms with van der Waals surface area (Å²) in [7, 11) is 1.93. The number of carbonyl (C=O) groups is 2. The Morgan fingerprint density at radius 1 is 1.14 bits per heavy atom. The zero-order valence-corrected chi connectivity index (χ0v) is 22.4. The van der Waals surface area contributed by atoms with Gasteiger partial charge < -0.3 is 31.9 Å². The van der Waals surface area contributed by atoms with Crippen LogP contribution in [0.4, 0.5) is 11.4 Å². The van der Waals surface area contributed by atoms with E-state index in [1.54, 1.807) is 4.58 Å². The number of hydrogen-bond acceptors (Lipinski definition) is 5. The van der Waals surface area contributed by atoms with Crippen molar-refractivity contribution >= 4 is 29.1 Å². The van der Waals surface area contributed by atoms with Gasteiger partial charge in [0.15, 0.2) is 0 Å². The number of hydrogen-bond donors (Lipinski definition) is 3. The average Bonchev–Trinajstić information content (AvgIpc) is 2.87. The van der Waals surface area contributed by atoms with Crippen molar-refractivity contribution < 1.29 is 35.9 Å². The van der Waals surface area contributed by atoms with E-state index in [1.807, 2.05) is 60.5 Å². The second-order valence-electron chi connectivity index (χ2n) is 9.35. The SMILES string of the molecule is CN(C(=O)CCCOc1ccc2c(c1)C[N+](CC(=O)Nc1ccccc1)=C(N)N2)C1CCCCC1.[Br-]. The Hall–Kier alpha value is -3.07. The van der Waals surface area contributed by atoms with Gasteiger partial charge in [0.1, 0.15) is 18.0 Å². The Labute approximate surface area is 223 Å². The molecule has 1 saturated carbocycles. The number of guanidine groups is 1. The fraction of sp³-hybridized carbons (Fsp3) is 0.444. The smallest absolute Gasteiger partial charge is 0.349 e. The minimum atomic E-state index is -0.139. The number of nitrogens with one attached hydrogen (secondary N) is 2. The highest BCUT2D eigenvalue weighted by molar-refractivity contribution is 5.94. The lowest BCUT2D eigenvalue weighted by Crippen LogP contribution is -3.00. The van der Waals surface area contributed by atoms with Gasteiger partial charge in [0.2, 0.25) is 5.91 Å². The Bertz CT molecular complexity index is 1070. The molecule has 0 spiro atoms. The summed E-state index contributed by atoms with van der Waals surface area (Å²) < 4.78 is 7.73. The Balaban J connectivity index is 0.00000361. The molecule has 2 aliphatic rings. The first-order chi connectivity index (χ1) is 17.0. The maximum absolute atomic E-state index is 12.5. The van der Waals surface area contributed by atoms with E-state index < -0.39 is 0 Å². The van der Waals surface area contributed by atoms with Crippen molar-refractivity contribution in [1.29, 1.82) is 0 Å². The molecule has 2 aromatic carbocycles. The standard InChI is InChI=1S/C27H35N5O3.BrH/c1-31(22-11-6-3-7-12-22)26(34)13-8-16-35-23-14-15-24-20(17-23)18-32(27(28)30-24)19-25(33)29-21-9-4-2-5-10-21;/h2,4-5,9-10,14-15,17,22H,3,6-8,11-13,16,18-19H2,1H3,(H3,28,29,30,33);1H. The number of amides is 2. The van der Waals surface area contributed by atoms with Crippen molar-refractivity contribution in [2.45, 2.75) is 57.5 Å². The molecule has 1 aliphatic heterocycles. The molecular formula is C27H36BrN5O3. The van der Waals surface area contributed by atoms with E-state index in [4.69, 9.17) is 10.5 Å². The Morgan fingerprint density at radius 3 is 2.64 bits per heavy atom. The summed E-state index contributed by atoms with van der Waals surface area (Å²) in [6.07, 6.45) is 7.14. The lowest BCUT2D eigenvalue weighted by atomic mass is 9.94. The first-order valence-electron chi connectivity index (χ1n) is 12.5. The molecule has 1 aliphatic carbocycles. The van der Waals surface area contributed by atoms with Gasteiger partial charge in [-0.25, -0.2) is 5.32 Å². The van der Waals surface area contributed by atoms with Gasteiger partial charge in [0.25, 0.3) is 5.91 Å². The average molecular weight is 559 g/mol. The van der Waals surface area contributed by atoms with Crippen LogP contribution < -0.4 is 38.1 Å². The van der Waals surface area contributed by atoms with Gasteiger partial charge in [-0.2, -0.15) is 0 Å². The van der Waals surface area contributed by atoms with E-state index in [2.05, 4.69) is 10.6 Å². The highest BCUT2D eigenvalue weighted by Gasteiger charge is 2.23. The van der Waals surface area contributed by atoms with Crippen molar-refractivity contribution in [2.24, 2.45) is 5.73 Å². The highest BCUT2D eigenvalue weighted by Crippen LogP contribution is 2.26. The number of ether oxygens (including phenoxy) is 1. The predicted molar refractivity (Wildman–Crippen MR) is 138 cm³/mol. The maximum Gasteiger partial charge on any atom is 0.349 e. The second-order valence-corrected chi connectivity index (χ2v) is 9.35. The minimum Gasteiger partial charge on any atom is -1.00 e. The fourth-order valence-corrected chi connectivity index (χ4v) is 4.72. The molecule has 194 valence electrons. The molecule has 36 heavy (non-hydrogen) atoms. The zero-order valence-electron chi connectivity index (χ0n) is 20.8. The largest absolute Gasteiger partial charge is 1.00 e. The number of para-hydroxylation sites is 1. The first kappa shape index (κ1) is 27.5. The van der Waals surface area contributed by atoms with E-state index in [9.17, 15) is 9.59 Å². The van der Waals surface area contributed by atoms with E-state index in [-0.39, 0.29) is 35.3 Å². The second kappa shape index (κ2) is 13.3. The van der Waals surface area contributed by atoms with E-state index in [1.165, 1.54) is 19.3 Å². The molecule has 0 unspecified atom stereocenters. The molecule has 8 nitrogen and oxygen atoms in total. The number of carbonyl (C=O) groups excluding carboxylic acids is 2. The summed E-state index contributed by atoms with van der Waals surface area (Å²) in [5.41, 5.74) is 8.81. The van der Waals surface area contributed by atoms with Gasteiger partial charge >= 0.3 is 5.96 Å². The van der Waals surface area contributed by atoms with Crippen molar-refractivity contribution in [2.75, 3.05) is 30.8 Å². The van der Waals surface area contributed by atoms with Crippen molar-refractivity contribution in [3.05, 3.63) is 54.1 Å². The third-order valence-electron chi connectivity index (χ3n) is 6.75. The maximum atomic E-state index is 12.5. The van der Waals surface area contributed by atoms with E-state index in [0.717, 1.165) is 35.5 Å². The normalized spacial score (nSPS) is 15.2. The van der Waals surface area contributed by atoms with Gasteiger partial charge in [0, 0.05) is 30.8 Å². The number of fused-ring (bicyclic) bond motifs is 1.